The van der Waals surface area contributed by atoms with Gasteiger partial charge in [-0.15, -0.1) is 0 Å². The Morgan fingerprint density at radius 1 is 1.33 bits per heavy atom. The maximum atomic E-state index is 3.48. The van der Waals surface area contributed by atoms with Gasteiger partial charge >= 0.3 is 0 Å². The number of likely N-dealkylation sites (tertiary alicyclic amines) is 1. The van der Waals surface area contributed by atoms with E-state index in [9.17, 15) is 0 Å². The first-order valence-electron chi connectivity index (χ1n) is 6.19. The summed E-state index contributed by atoms with van der Waals surface area (Å²) >= 11 is 3.48. The van der Waals surface area contributed by atoms with Crippen LogP contribution >= 0.6 is 15.9 Å². The zero-order valence-corrected chi connectivity index (χ0v) is 11.8. The van der Waals surface area contributed by atoms with E-state index in [4.69, 9.17) is 0 Å². The molecule has 3 heteroatoms. The predicted molar refractivity (Wildman–Crippen MR) is 70.8 cm³/mol. The van der Waals surface area contributed by atoms with Crippen LogP contribution in [0, 0.1) is 0 Å². The van der Waals surface area contributed by atoms with E-state index >= 15 is 0 Å². The molecule has 15 heavy (non-hydrogen) atoms. The molecule has 0 amide bonds. The molecule has 0 spiro atoms. The minimum atomic E-state index is 0.811. The van der Waals surface area contributed by atoms with Gasteiger partial charge in [-0.25, -0.2) is 0 Å². The third kappa shape index (κ3) is 5.32. The summed E-state index contributed by atoms with van der Waals surface area (Å²) in [6.45, 7) is 3.81. The molecule has 1 saturated heterocycles. The Morgan fingerprint density at radius 3 is 2.73 bits per heavy atom. The fraction of sp³-hybridized carbons (Fsp3) is 1.00. The molecule has 1 aliphatic rings. The highest BCUT2D eigenvalue weighted by Crippen LogP contribution is 2.15. The predicted octanol–water partition coefficient (Wildman–Crippen LogP) is 2.58. The van der Waals surface area contributed by atoms with Gasteiger partial charge in [0.2, 0.25) is 0 Å². The topological polar surface area (TPSA) is 6.48 Å². The molecular weight excluding hydrogens is 252 g/mol. The molecule has 1 unspecified atom stereocenters. The average Bonchev–Trinajstić information content (AvgIpc) is 2.59. The number of nitrogens with zero attached hydrogens (tertiary/aromatic N) is 2. The second kappa shape index (κ2) is 7.64. The van der Waals surface area contributed by atoms with E-state index in [-0.39, 0.29) is 0 Å². The summed E-state index contributed by atoms with van der Waals surface area (Å²) in [4.78, 5) is 5.01. The van der Waals surface area contributed by atoms with Crippen LogP contribution in [0.15, 0.2) is 0 Å². The van der Waals surface area contributed by atoms with Crippen molar-refractivity contribution >= 4 is 15.9 Å². The Bertz CT molecular complexity index is 164. The summed E-state index contributed by atoms with van der Waals surface area (Å²) in [7, 11) is 4.52. The summed E-state index contributed by atoms with van der Waals surface area (Å²) in [5.41, 5.74) is 0. The van der Waals surface area contributed by atoms with E-state index in [1.54, 1.807) is 0 Å². The van der Waals surface area contributed by atoms with Crippen LogP contribution < -0.4 is 0 Å². The fourth-order valence-electron chi connectivity index (χ4n) is 2.31. The van der Waals surface area contributed by atoms with Crippen molar-refractivity contribution in [3.05, 3.63) is 0 Å². The molecule has 2 nitrogen and oxygen atoms in total. The van der Waals surface area contributed by atoms with Crippen molar-refractivity contribution in [2.75, 3.05) is 39.1 Å². The van der Waals surface area contributed by atoms with Crippen LogP contribution in [0.5, 0.6) is 0 Å². The molecule has 0 aromatic rings. The molecule has 1 heterocycles. The first-order chi connectivity index (χ1) is 7.24. The molecule has 0 bridgehead atoms. The molecule has 0 N–H and O–H groups in total. The number of hydrogen-bond donors (Lipinski definition) is 0. The van der Waals surface area contributed by atoms with E-state index in [0.29, 0.717) is 0 Å². The lowest BCUT2D eigenvalue weighted by molar-refractivity contribution is 0.218. The molecule has 1 rings (SSSR count). The second-order valence-electron chi connectivity index (χ2n) is 4.79. The number of halogens is 1. The van der Waals surface area contributed by atoms with Crippen molar-refractivity contribution in [3.63, 3.8) is 0 Å². The molecule has 0 aliphatic carbocycles. The lowest BCUT2D eigenvalue weighted by atomic mass is 10.2. The maximum Gasteiger partial charge on any atom is 0.0220 e. The zero-order valence-electron chi connectivity index (χ0n) is 10.2. The highest BCUT2D eigenvalue weighted by molar-refractivity contribution is 9.09. The first-order valence-corrected chi connectivity index (χ1v) is 7.31. The Kier molecular flexibility index (Phi) is 6.86. The van der Waals surface area contributed by atoms with Gasteiger partial charge in [0.1, 0.15) is 0 Å². The van der Waals surface area contributed by atoms with Gasteiger partial charge in [-0.1, -0.05) is 22.4 Å². The zero-order chi connectivity index (χ0) is 11.1. The fourth-order valence-corrected chi connectivity index (χ4v) is 2.71. The second-order valence-corrected chi connectivity index (χ2v) is 5.58. The highest BCUT2D eigenvalue weighted by Gasteiger charge is 2.21. The Labute approximate surface area is 103 Å². The first kappa shape index (κ1) is 13.5. The molecule has 90 valence electrons. The van der Waals surface area contributed by atoms with E-state index in [1.807, 2.05) is 0 Å². The molecule has 0 aromatic heterocycles. The smallest absolute Gasteiger partial charge is 0.0220 e. The van der Waals surface area contributed by atoms with Crippen LogP contribution in [0.1, 0.15) is 32.1 Å². The van der Waals surface area contributed by atoms with Crippen molar-refractivity contribution in [2.24, 2.45) is 0 Å². The maximum absolute atomic E-state index is 3.48. The summed E-state index contributed by atoms with van der Waals surface area (Å²) in [6.07, 6.45) is 6.80. The highest BCUT2D eigenvalue weighted by atomic mass is 79.9. The van der Waals surface area contributed by atoms with E-state index in [1.165, 1.54) is 51.7 Å². The number of alkyl halides is 1. The van der Waals surface area contributed by atoms with Crippen molar-refractivity contribution < 1.29 is 0 Å². The number of rotatable bonds is 7. The van der Waals surface area contributed by atoms with Crippen molar-refractivity contribution in [3.8, 4) is 0 Å². The molecule has 1 aliphatic heterocycles. The third-order valence-electron chi connectivity index (χ3n) is 3.37. The summed E-state index contributed by atoms with van der Waals surface area (Å²) < 4.78 is 0. The van der Waals surface area contributed by atoms with Gasteiger partial charge < -0.3 is 9.80 Å². The van der Waals surface area contributed by atoms with Gasteiger partial charge in [-0.2, -0.15) is 0 Å². The number of likely N-dealkylation sites (N-methyl/N-ethyl adjacent to an activating group) is 2. The van der Waals surface area contributed by atoms with Crippen molar-refractivity contribution in [2.45, 2.75) is 38.1 Å². The molecule has 0 aromatic carbocycles. The SMILES string of the molecule is CN(CCCCCBr)CC1CCCN1C. The van der Waals surface area contributed by atoms with Gasteiger partial charge in [-0.05, 0) is 52.9 Å². The summed E-state index contributed by atoms with van der Waals surface area (Å²) in [5, 5.41) is 1.15. The van der Waals surface area contributed by atoms with Gasteiger partial charge in [0.25, 0.3) is 0 Å². The molecule has 1 atom stereocenters. The van der Waals surface area contributed by atoms with Gasteiger partial charge in [0.05, 0.1) is 0 Å². The quantitative estimate of drug-likeness (QED) is 0.521. The lowest BCUT2D eigenvalue weighted by Crippen LogP contribution is -2.37. The normalized spacial score (nSPS) is 22.8. The summed E-state index contributed by atoms with van der Waals surface area (Å²) in [6, 6.07) is 0.811. The van der Waals surface area contributed by atoms with Crippen molar-refractivity contribution in [1.29, 1.82) is 0 Å². The minimum absolute atomic E-state index is 0.811. The largest absolute Gasteiger partial charge is 0.305 e. The van der Waals surface area contributed by atoms with Crippen LogP contribution in [0.2, 0.25) is 0 Å². The van der Waals surface area contributed by atoms with Crippen molar-refractivity contribution in [1.82, 2.24) is 9.80 Å². The van der Waals surface area contributed by atoms with Crippen LogP contribution in [-0.2, 0) is 0 Å². The van der Waals surface area contributed by atoms with Crippen LogP contribution in [-0.4, -0.2) is 54.9 Å². The Balaban J connectivity index is 2.04. The lowest BCUT2D eigenvalue weighted by Gasteiger charge is -2.25. The summed E-state index contributed by atoms with van der Waals surface area (Å²) in [5.74, 6) is 0. The van der Waals surface area contributed by atoms with Crippen LogP contribution in [0.3, 0.4) is 0 Å². The van der Waals surface area contributed by atoms with E-state index < -0.39 is 0 Å². The molecule has 0 saturated carbocycles. The average molecular weight is 277 g/mol. The molecular formula is C12H25BrN2. The number of unbranched alkanes of at least 4 members (excludes halogenated alkanes) is 2. The minimum Gasteiger partial charge on any atom is -0.305 e. The monoisotopic (exact) mass is 276 g/mol. The Morgan fingerprint density at radius 2 is 2.13 bits per heavy atom. The van der Waals surface area contributed by atoms with Gasteiger partial charge in [0, 0.05) is 17.9 Å². The van der Waals surface area contributed by atoms with E-state index in [2.05, 4.69) is 39.8 Å². The van der Waals surface area contributed by atoms with E-state index in [0.717, 1.165) is 11.4 Å². The van der Waals surface area contributed by atoms with Crippen LogP contribution in [0.4, 0.5) is 0 Å². The number of hydrogen-bond acceptors (Lipinski definition) is 2. The Hall–Kier alpha value is 0.400. The molecule has 0 radical (unpaired) electrons. The third-order valence-corrected chi connectivity index (χ3v) is 3.93. The van der Waals surface area contributed by atoms with Crippen LogP contribution in [0.25, 0.3) is 0 Å². The van der Waals surface area contributed by atoms with Gasteiger partial charge in [-0.3, -0.25) is 0 Å². The standard InChI is InChI=1S/C12H25BrN2/c1-14(9-5-3-4-8-13)11-12-7-6-10-15(12)2/h12H,3-11H2,1-2H3. The molecule has 1 fully saturated rings. The van der Waals surface area contributed by atoms with Gasteiger partial charge in [0.15, 0.2) is 0 Å².